The third kappa shape index (κ3) is 3.07. The highest BCUT2D eigenvalue weighted by atomic mass is 35.5. The summed E-state index contributed by atoms with van der Waals surface area (Å²) >= 11 is 11.1. The van der Waals surface area contributed by atoms with Crippen LogP contribution >= 0.6 is 23.8 Å². The second-order valence-electron chi connectivity index (χ2n) is 3.74. The summed E-state index contributed by atoms with van der Waals surface area (Å²) in [6.45, 7) is 3.08. The normalized spacial score (nSPS) is 16.8. The number of anilines is 1. The van der Waals surface area contributed by atoms with E-state index in [-0.39, 0.29) is 0 Å². The standard InChI is InChI=1S/C11H14ClN3OS/c12-8-2-1-3-9(10(8)11(13)17)14-15-4-6-16-7-5-15/h1-3,14H,4-7H2,(H2,13,17). The van der Waals surface area contributed by atoms with Gasteiger partial charge in [0.1, 0.15) is 4.99 Å². The number of hydrogen-bond acceptors (Lipinski definition) is 4. The lowest BCUT2D eigenvalue weighted by Gasteiger charge is -2.29. The largest absolute Gasteiger partial charge is 0.389 e. The summed E-state index contributed by atoms with van der Waals surface area (Å²) < 4.78 is 5.28. The van der Waals surface area contributed by atoms with Crippen LogP contribution in [0.1, 0.15) is 5.56 Å². The highest BCUT2D eigenvalue weighted by molar-refractivity contribution is 7.80. The molecule has 0 aliphatic carbocycles. The summed E-state index contributed by atoms with van der Waals surface area (Å²) in [6, 6.07) is 5.56. The molecule has 1 aromatic rings. The van der Waals surface area contributed by atoms with Gasteiger partial charge in [0.05, 0.1) is 29.5 Å². The van der Waals surface area contributed by atoms with Crippen LogP contribution in [0.2, 0.25) is 5.02 Å². The lowest BCUT2D eigenvalue weighted by atomic mass is 10.2. The van der Waals surface area contributed by atoms with Gasteiger partial charge >= 0.3 is 0 Å². The molecule has 1 aromatic carbocycles. The first-order valence-electron chi connectivity index (χ1n) is 5.36. The van der Waals surface area contributed by atoms with Crippen molar-refractivity contribution in [3.05, 3.63) is 28.8 Å². The van der Waals surface area contributed by atoms with Gasteiger partial charge in [0.2, 0.25) is 0 Å². The smallest absolute Gasteiger partial charge is 0.107 e. The highest BCUT2D eigenvalue weighted by Crippen LogP contribution is 2.24. The van der Waals surface area contributed by atoms with E-state index in [1.165, 1.54) is 0 Å². The molecule has 0 amide bonds. The van der Waals surface area contributed by atoms with E-state index in [1.54, 1.807) is 6.07 Å². The van der Waals surface area contributed by atoms with E-state index in [0.717, 1.165) is 32.0 Å². The zero-order chi connectivity index (χ0) is 12.3. The molecule has 1 heterocycles. The third-order valence-corrected chi connectivity index (χ3v) is 3.07. The maximum atomic E-state index is 6.09. The number of hydrazine groups is 1. The van der Waals surface area contributed by atoms with Crippen molar-refractivity contribution >= 4 is 34.5 Å². The highest BCUT2D eigenvalue weighted by Gasteiger charge is 2.14. The second kappa shape index (κ2) is 5.64. The van der Waals surface area contributed by atoms with Crippen molar-refractivity contribution in [1.29, 1.82) is 0 Å². The minimum atomic E-state index is 0.298. The Morgan fingerprint density at radius 1 is 1.41 bits per heavy atom. The molecule has 17 heavy (non-hydrogen) atoms. The molecule has 3 N–H and O–H groups in total. The van der Waals surface area contributed by atoms with Crippen LogP contribution in [0.5, 0.6) is 0 Å². The summed E-state index contributed by atoms with van der Waals surface area (Å²) in [5.74, 6) is 0. The molecule has 1 saturated heterocycles. The van der Waals surface area contributed by atoms with Gasteiger partial charge in [-0.15, -0.1) is 0 Å². The van der Waals surface area contributed by atoms with Gasteiger partial charge in [-0.1, -0.05) is 29.9 Å². The first-order valence-corrected chi connectivity index (χ1v) is 6.15. The Hall–Kier alpha value is -0.880. The second-order valence-corrected chi connectivity index (χ2v) is 4.58. The quantitative estimate of drug-likeness (QED) is 0.819. The van der Waals surface area contributed by atoms with E-state index in [1.807, 2.05) is 12.1 Å². The first-order chi connectivity index (χ1) is 8.18. The minimum Gasteiger partial charge on any atom is -0.389 e. The number of halogens is 1. The molecular weight excluding hydrogens is 258 g/mol. The monoisotopic (exact) mass is 271 g/mol. The van der Waals surface area contributed by atoms with E-state index >= 15 is 0 Å². The van der Waals surface area contributed by atoms with Crippen LogP contribution in [-0.4, -0.2) is 36.3 Å². The van der Waals surface area contributed by atoms with E-state index in [4.69, 9.17) is 34.3 Å². The fourth-order valence-corrected chi connectivity index (χ4v) is 2.27. The molecule has 2 rings (SSSR count). The lowest BCUT2D eigenvalue weighted by Crippen LogP contribution is -2.40. The number of nitrogens with zero attached hydrogens (tertiary/aromatic N) is 1. The van der Waals surface area contributed by atoms with Crippen molar-refractivity contribution in [2.24, 2.45) is 5.73 Å². The van der Waals surface area contributed by atoms with Gasteiger partial charge in [-0.25, -0.2) is 5.01 Å². The topological polar surface area (TPSA) is 50.5 Å². The molecule has 0 saturated carbocycles. The summed E-state index contributed by atoms with van der Waals surface area (Å²) in [5.41, 5.74) is 10.5. The fraction of sp³-hybridized carbons (Fsp3) is 0.364. The number of thiocarbonyl (C=S) groups is 1. The molecule has 92 valence electrons. The van der Waals surface area contributed by atoms with Crippen molar-refractivity contribution in [3.8, 4) is 0 Å². The fourth-order valence-electron chi connectivity index (χ4n) is 1.71. The van der Waals surface area contributed by atoms with Gasteiger partial charge in [0.25, 0.3) is 0 Å². The van der Waals surface area contributed by atoms with Crippen molar-refractivity contribution in [2.75, 3.05) is 31.7 Å². The van der Waals surface area contributed by atoms with Crippen LogP contribution in [0, 0.1) is 0 Å². The number of rotatable bonds is 3. The number of hydrogen-bond donors (Lipinski definition) is 2. The van der Waals surface area contributed by atoms with Gasteiger partial charge in [0.15, 0.2) is 0 Å². The average Bonchev–Trinajstić information content (AvgIpc) is 2.30. The predicted octanol–water partition coefficient (Wildman–Crippen LogP) is 1.63. The average molecular weight is 272 g/mol. The van der Waals surface area contributed by atoms with E-state index in [0.29, 0.717) is 15.6 Å². The Kier molecular flexibility index (Phi) is 4.17. The van der Waals surface area contributed by atoms with Crippen LogP contribution < -0.4 is 11.2 Å². The van der Waals surface area contributed by atoms with Gasteiger partial charge in [-0.05, 0) is 12.1 Å². The molecular formula is C11H14ClN3OS. The van der Waals surface area contributed by atoms with E-state index < -0.39 is 0 Å². The van der Waals surface area contributed by atoms with Crippen molar-refractivity contribution in [2.45, 2.75) is 0 Å². The van der Waals surface area contributed by atoms with Crippen LogP contribution in [0.15, 0.2) is 18.2 Å². The van der Waals surface area contributed by atoms with Crippen molar-refractivity contribution in [1.82, 2.24) is 5.01 Å². The van der Waals surface area contributed by atoms with Crippen LogP contribution in [-0.2, 0) is 4.74 Å². The van der Waals surface area contributed by atoms with Gasteiger partial charge in [-0.2, -0.15) is 0 Å². The Labute approximate surface area is 111 Å². The lowest BCUT2D eigenvalue weighted by molar-refractivity contribution is 0.0497. The van der Waals surface area contributed by atoms with Gasteiger partial charge < -0.3 is 15.9 Å². The Balaban J connectivity index is 2.19. The molecule has 1 fully saturated rings. The number of morpholine rings is 1. The Morgan fingerprint density at radius 2 is 2.12 bits per heavy atom. The summed E-state index contributed by atoms with van der Waals surface area (Å²) in [4.78, 5) is 0.298. The molecule has 6 heteroatoms. The molecule has 0 radical (unpaired) electrons. The zero-order valence-corrected chi connectivity index (χ0v) is 10.9. The molecule has 1 aliphatic heterocycles. The molecule has 0 bridgehead atoms. The molecule has 0 spiro atoms. The molecule has 4 nitrogen and oxygen atoms in total. The number of nitrogens with two attached hydrogens (primary N) is 1. The van der Waals surface area contributed by atoms with Crippen LogP contribution in [0.4, 0.5) is 5.69 Å². The molecule has 1 aliphatic rings. The van der Waals surface area contributed by atoms with E-state index in [2.05, 4.69) is 10.4 Å². The Bertz CT molecular complexity index is 421. The van der Waals surface area contributed by atoms with Crippen LogP contribution in [0.3, 0.4) is 0 Å². The molecule has 0 aromatic heterocycles. The first kappa shape index (κ1) is 12.6. The minimum absolute atomic E-state index is 0.298. The number of benzene rings is 1. The zero-order valence-electron chi connectivity index (χ0n) is 9.28. The SMILES string of the molecule is NC(=S)c1c(Cl)cccc1NN1CCOCC1. The molecule has 0 atom stereocenters. The van der Waals surface area contributed by atoms with Crippen molar-refractivity contribution in [3.63, 3.8) is 0 Å². The summed E-state index contributed by atoms with van der Waals surface area (Å²) in [7, 11) is 0. The van der Waals surface area contributed by atoms with E-state index in [9.17, 15) is 0 Å². The summed E-state index contributed by atoms with van der Waals surface area (Å²) in [5, 5.41) is 2.63. The van der Waals surface area contributed by atoms with Gasteiger partial charge in [0, 0.05) is 13.1 Å². The van der Waals surface area contributed by atoms with Crippen molar-refractivity contribution < 1.29 is 4.74 Å². The van der Waals surface area contributed by atoms with Gasteiger partial charge in [-0.3, -0.25) is 0 Å². The maximum Gasteiger partial charge on any atom is 0.107 e. The third-order valence-electron chi connectivity index (χ3n) is 2.55. The number of nitrogens with one attached hydrogen (secondary N) is 1. The summed E-state index contributed by atoms with van der Waals surface area (Å²) in [6.07, 6.45) is 0. The maximum absolute atomic E-state index is 6.09. The van der Waals surface area contributed by atoms with Crippen LogP contribution in [0.25, 0.3) is 0 Å². The number of ether oxygens (including phenoxy) is 1. The predicted molar refractivity (Wildman–Crippen MR) is 73.4 cm³/mol. The molecule has 0 unspecified atom stereocenters. The Morgan fingerprint density at radius 3 is 2.76 bits per heavy atom.